The van der Waals surface area contributed by atoms with Crippen LogP contribution >= 0.6 is 23.3 Å². The summed E-state index contributed by atoms with van der Waals surface area (Å²) in [7, 11) is 0. The standard InChI is InChI=1S/C11H12N4S2/c1-2-9-14-11(17-15-9)16-8-5-3-7(4-6-8)10(12)13/h3-6H,2H2,1H3,(H3,12,13). The van der Waals surface area contributed by atoms with Crippen LogP contribution in [0.25, 0.3) is 0 Å². The summed E-state index contributed by atoms with van der Waals surface area (Å²) in [5.74, 6) is 0.976. The van der Waals surface area contributed by atoms with Crippen LogP contribution in [0.2, 0.25) is 0 Å². The SMILES string of the molecule is CCc1nsc(Sc2ccc(C(=N)N)cc2)n1. The van der Waals surface area contributed by atoms with Crippen molar-refractivity contribution in [1.29, 1.82) is 5.41 Å². The fourth-order valence-corrected chi connectivity index (χ4v) is 2.90. The molecule has 2 rings (SSSR count). The van der Waals surface area contributed by atoms with Crippen molar-refractivity contribution < 1.29 is 0 Å². The summed E-state index contributed by atoms with van der Waals surface area (Å²) in [6.45, 7) is 2.04. The van der Waals surface area contributed by atoms with Gasteiger partial charge >= 0.3 is 0 Å². The van der Waals surface area contributed by atoms with Gasteiger partial charge in [-0.3, -0.25) is 5.41 Å². The van der Waals surface area contributed by atoms with Gasteiger partial charge in [0.1, 0.15) is 11.7 Å². The minimum absolute atomic E-state index is 0.0886. The van der Waals surface area contributed by atoms with Crippen LogP contribution in [0.5, 0.6) is 0 Å². The molecular formula is C11H12N4S2. The third-order valence-corrected chi connectivity index (χ3v) is 3.93. The van der Waals surface area contributed by atoms with Gasteiger partial charge in [0.2, 0.25) is 0 Å². The number of rotatable bonds is 4. The van der Waals surface area contributed by atoms with Crippen LogP contribution in [0.1, 0.15) is 18.3 Å². The fraction of sp³-hybridized carbons (Fsp3) is 0.182. The number of nitrogens with one attached hydrogen (secondary N) is 1. The van der Waals surface area contributed by atoms with Gasteiger partial charge in [0.25, 0.3) is 0 Å². The zero-order valence-corrected chi connectivity index (χ0v) is 10.9. The van der Waals surface area contributed by atoms with Crippen molar-refractivity contribution in [2.24, 2.45) is 5.73 Å². The highest BCUT2D eigenvalue weighted by Gasteiger charge is 2.05. The van der Waals surface area contributed by atoms with Gasteiger partial charge in [0.15, 0.2) is 4.34 Å². The first-order valence-corrected chi connectivity index (χ1v) is 6.73. The summed E-state index contributed by atoms with van der Waals surface area (Å²) in [6, 6.07) is 7.56. The molecule has 0 aliphatic carbocycles. The monoisotopic (exact) mass is 264 g/mol. The third kappa shape index (κ3) is 3.04. The number of benzene rings is 1. The molecule has 0 amide bonds. The fourth-order valence-electron chi connectivity index (χ4n) is 1.23. The second kappa shape index (κ2) is 5.29. The summed E-state index contributed by atoms with van der Waals surface area (Å²) < 4.78 is 5.17. The van der Waals surface area contributed by atoms with E-state index < -0.39 is 0 Å². The Morgan fingerprint density at radius 2 is 2.12 bits per heavy atom. The van der Waals surface area contributed by atoms with Gasteiger partial charge in [-0.15, -0.1) is 0 Å². The van der Waals surface area contributed by atoms with Crippen LogP contribution < -0.4 is 5.73 Å². The minimum atomic E-state index is 0.0886. The average molecular weight is 264 g/mol. The predicted octanol–water partition coefficient (Wildman–Crippen LogP) is 2.54. The lowest BCUT2D eigenvalue weighted by Crippen LogP contribution is -2.10. The molecule has 17 heavy (non-hydrogen) atoms. The number of nitrogen functional groups attached to an aromatic ring is 1. The maximum Gasteiger partial charge on any atom is 0.174 e. The Hall–Kier alpha value is -1.40. The van der Waals surface area contributed by atoms with Crippen molar-refractivity contribution in [2.75, 3.05) is 0 Å². The summed E-state index contributed by atoms with van der Waals surface area (Å²) >= 11 is 2.99. The van der Waals surface area contributed by atoms with Crippen LogP contribution in [-0.4, -0.2) is 15.2 Å². The van der Waals surface area contributed by atoms with Gasteiger partial charge in [-0.05, 0) is 23.7 Å². The predicted molar refractivity (Wildman–Crippen MR) is 70.9 cm³/mol. The van der Waals surface area contributed by atoms with E-state index in [1.165, 1.54) is 11.5 Å². The molecule has 1 aromatic carbocycles. The van der Waals surface area contributed by atoms with Crippen LogP contribution in [-0.2, 0) is 6.42 Å². The molecule has 0 aliphatic heterocycles. The van der Waals surface area contributed by atoms with Crippen LogP contribution in [0.3, 0.4) is 0 Å². The van der Waals surface area contributed by atoms with E-state index in [0.29, 0.717) is 0 Å². The van der Waals surface area contributed by atoms with Crippen molar-refractivity contribution in [2.45, 2.75) is 22.6 Å². The molecule has 88 valence electrons. The molecule has 0 saturated carbocycles. The summed E-state index contributed by atoms with van der Waals surface area (Å²) in [4.78, 5) is 5.46. The van der Waals surface area contributed by atoms with Gasteiger partial charge in [-0.2, -0.15) is 4.37 Å². The zero-order valence-electron chi connectivity index (χ0n) is 9.30. The Morgan fingerprint density at radius 1 is 1.41 bits per heavy atom. The highest BCUT2D eigenvalue weighted by Crippen LogP contribution is 2.29. The minimum Gasteiger partial charge on any atom is -0.384 e. The zero-order chi connectivity index (χ0) is 12.3. The largest absolute Gasteiger partial charge is 0.384 e. The Balaban J connectivity index is 2.10. The van der Waals surface area contributed by atoms with E-state index in [2.05, 4.69) is 9.36 Å². The molecule has 2 aromatic rings. The molecule has 0 unspecified atom stereocenters. The molecular weight excluding hydrogens is 252 g/mol. The molecule has 0 aliphatic rings. The quantitative estimate of drug-likeness (QED) is 0.657. The van der Waals surface area contributed by atoms with E-state index in [4.69, 9.17) is 11.1 Å². The lowest BCUT2D eigenvalue weighted by Gasteiger charge is -2.00. The normalized spacial score (nSPS) is 10.4. The molecule has 0 spiro atoms. The van der Waals surface area contributed by atoms with E-state index >= 15 is 0 Å². The average Bonchev–Trinajstić information content (AvgIpc) is 2.77. The van der Waals surface area contributed by atoms with Crippen LogP contribution in [0.15, 0.2) is 33.5 Å². The van der Waals surface area contributed by atoms with Crippen molar-refractivity contribution >= 4 is 29.1 Å². The first-order chi connectivity index (χ1) is 8.19. The lowest BCUT2D eigenvalue weighted by atomic mass is 10.2. The molecule has 0 fully saturated rings. The van der Waals surface area contributed by atoms with Crippen molar-refractivity contribution in [3.05, 3.63) is 35.7 Å². The van der Waals surface area contributed by atoms with Crippen molar-refractivity contribution in [1.82, 2.24) is 9.36 Å². The van der Waals surface area contributed by atoms with Gasteiger partial charge in [0.05, 0.1) is 0 Å². The van der Waals surface area contributed by atoms with E-state index in [1.807, 2.05) is 31.2 Å². The Bertz CT molecular complexity index is 519. The topological polar surface area (TPSA) is 75.7 Å². The molecule has 0 radical (unpaired) electrons. The molecule has 0 bridgehead atoms. The molecule has 0 atom stereocenters. The molecule has 3 N–H and O–H groups in total. The van der Waals surface area contributed by atoms with Crippen LogP contribution in [0, 0.1) is 5.41 Å². The summed E-state index contributed by atoms with van der Waals surface area (Å²) in [6.07, 6.45) is 0.861. The maximum absolute atomic E-state index is 7.31. The van der Waals surface area contributed by atoms with Crippen molar-refractivity contribution in [3.8, 4) is 0 Å². The van der Waals surface area contributed by atoms with Gasteiger partial charge in [0, 0.05) is 16.9 Å². The Kier molecular flexibility index (Phi) is 3.75. The smallest absolute Gasteiger partial charge is 0.174 e. The van der Waals surface area contributed by atoms with Gasteiger partial charge in [-0.1, -0.05) is 30.8 Å². The van der Waals surface area contributed by atoms with Gasteiger partial charge < -0.3 is 5.73 Å². The number of nitrogens with two attached hydrogens (primary N) is 1. The Morgan fingerprint density at radius 3 is 2.65 bits per heavy atom. The van der Waals surface area contributed by atoms with E-state index in [1.54, 1.807) is 11.8 Å². The summed E-state index contributed by atoms with van der Waals surface area (Å²) in [5, 5.41) is 7.31. The van der Waals surface area contributed by atoms with Crippen molar-refractivity contribution in [3.63, 3.8) is 0 Å². The highest BCUT2D eigenvalue weighted by molar-refractivity contribution is 8.01. The second-order valence-corrected chi connectivity index (χ2v) is 5.44. The molecule has 1 aromatic heterocycles. The Labute approximate surface area is 108 Å². The van der Waals surface area contributed by atoms with E-state index in [-0.39, 0.29) is 5.84 Å². The lowest BCUT2D eigenvalue weighted by molar-refractivity contribution is 0.971. The first-order valence-electron chi connectivity index (χ1n) is 5.14. The second-order valence-electron chi connectivity index (χ2n) is 3.37. The number of aromatic nitrogens is 2. The van der Waals surface area contributed by atoms with Gasteiger partial charge in [-0.25, -0.2) is 4.98 Å². The molecule has 0 saturated heterocycles. The summed E-state index contributed by atoms with van der Waals surface area (Å²) in [5.41, 5.74) is 6.13. The highest BCUT2D eigenvalue weighted by atomic mass is 32.2. The maximum atomic E-state index is 7.31. The third-order valence-electron chi connectivity index (χ3n) is 2.14. The number of aryl methyl sites for hydroxylation is 1. The van der Waals surface area contributed by atoms with Crippen LogP contribution in [0.4, 0.5) is 0 Å². The van der Waals surface area contributed by atoms with E-state index in [0.717, 1.165) is 27.0 Å². The number of amidine groups is 1. The molecule has 1 heterocycles. The number of hydrogen-bond acceptors (Lipinski definition) is 5. The molecule has 4 nitrogen and oxygen atoms in total. The first kappa shape index (κ1) is 12.1. The number of hydrogen-bond donors (Lipinski definition) is 2. The van der Waals surface area contributed by atoms with E-state index in [9.17, 15) is 0 Å². The number of nitrogens with zero attached hydrogens (tertiary/aromatic N) is 2. The molecule has 6 heteroatoms.